The minimum absolute atomic E-state index is 0.0741. The molecule has 2 fully saturated rings. The molecule has 3 nitrogen and oxygen atoms in total. The van der Waals surface area contributed by atoms with Crippen molar-refractivity contribution < 1.29 is 9.53 Å². The van der Waals surface area contributed by atoms with Crippen LogP contribution in [0.25, 0.3) is 5.57 Å². The van der Waals surface area contributed by atoms with Crippen LogP contribution in [0.1, 0.15) is 71.3 Å². The SMILES string of the molecule is [B]c1ccc(C2=CCC3C4CC=C5CC(OC(C)=O)CCC5(C)C4CC[C@]23C)cn1. The molecule has 2 radical (unpaired) electrons. The van der Waals surface area contributed by atoms with E-state index in [4.69, 9.17) is 12.6 Å². The lowest BCUT2D eigenvalue weighted by Crippen LogP contribution is -2.50. The number of aromatic nitrogens is 1. The minimum atomic E-state index is -0.145. The van der Waals surface area contributed by atoms with E-state index in [-0.39, 0.29) is 22.9 Å². The van der Waals surface area contributed by atoms with Gasteiger partial charge in [-0.25, -0.2) is 0 Å². The summed E-state index contributed by atoms with van der Waals surface area (Å²) in [5.74, 6) is 2.03. The van der Waals surface area contributed by atoms with Gasteiger partial charge in [0.25, 0.3) is 0 Å². The molecule has 4 heteroatoms. The summed E-state index contributed by atoms with van der Waals surface area (Å²) in [6.07, 6.45) is 15.0. The number of esters is 1. The molecule has 4 aliphatic rings. The Labute approximate surface area is 181 Å². The maximum atomic E-state index is 11.4. The topological polar surface area (TPSA) is 39.2 Å². The van der Waals surface area contributed by atoms with E-state index < -0.39 is 0 Å². The molecule has 1 aromatic rings. The largest absolute Gasteiger partial charge is 0.462 e. The van der Waals surface area contributed by atoms with Crippen molar-refractivity contribution in [2.45, 2.75) is 71.8 Å². The second-order valence-electron chi connectivity index (χ2n) is 10.5. The molecule has 156 valence electrons. The van der Waals surface area contributed by atoms with Crippen molar-refractivity contribution in [2.24, 2.45) is 28.6 Å². The molecule has 0 aliphatic heterocycles. The van der Waals surface area contributed by atoms with Gasteiger partial charge in [-0.15, -0.1) is 0 Å². The number of rotatable bonds is 2. The molecule has 0 spiro atoms. The van der Waals surface area contributed by atoms with E-state index in [1.54, 1.807) is 5.57 Å². The maximum absolute atomic E-state index is 11.4. The third-order valence-corrected chi connectivity index (χ3v) is 9.07. The zero-order valence-corrected chi connectivity index (χ0v) is 18.5. The average molecular weight is 401 g/mol. The summed E-state index contributed by atoms with van der Waals surface area (Å²) in [7, 11) is 5.83. The molecule has 6 atom stereocenters. The Kier molecular flexibility index (Phi) is 4.76. The Morgan fingerprint density at radius 3 is 2.63 bits per heavy atom. The lowest BCUT2D eigenvalue weighted by atomic mass is 9.47. The lowest BCUT2D eigenvalue weighted by molar-refractivity contribution is -0.148. The molecule has 0 saturated heterocycles. The van der Waals surface area contributed by atoms with Crippen LogP contribution in [0.15, 0.2) is 36.1 Å². The quantitative estimate of drug-likeness (QED) is 0.407. The third-order valence-electron chi connectivity index (χ3n) is 9.07. The van der Waals surface area contributed by atoms with Crippen LogP contribution in [0.5, 0.6) is 0 Å². The molecule has 5 unspecified atom stereocenters. The first-order valence-electron chi connectivity index (χ1n) is 11.6. The first kappa shape index (κ1) is 20.1. The first-order chi connectivity index (χ1) is 14.3. The summed E-state index contributed by atoms with van der Waals surface area (Å²) in [6.45, 7) is 6.51. The van der Waals surface area contributed by atoms with Gasteiger partial charge in [0.1, 0.15) is 14.0 Å². The normalized spacial score (nSPS) is 39.8. The predicted molar refractivity (Wildman–Crippen MR) is 120 cm³/mol. The highest BCUT2D eigenvalue weighted by atomic mass is 16.5. The summed E-state index contributed by atoms with van der Waals surface area (Å²) in [4.78, 5) is 15.8. The maximum Gasteiger partial charge on any atom is 0.302 e. The van der Waals surface area contributed by atoms with Crippen molar-refractivity contribution in [1.29, 1.82) is 0 Å². The predicted octanol–water partition coefficient (Wildman–Crippen LogP) is 4.76. The van der Waals surface area contributed by atoms with Crippen molar-refractivity contribution in [1.82, 2.24) is 4.98 Å². The Hall–Kier alpha value is -1.84. The van der Waals surface area contributed by atoms with Gasteiger partial charge in [-0.1, -0.05) is 43.7 Å². The highest BCUT2D eigenvalue weighted by molar-refractivity contribution is 6.30. The average Bonchev–Trinajstić information content (AvgIpc) is 3.06. The Morgan fingerprint density at radius 1 is 1.10 bits per heavy atom. The number of carbonyl (C=O) groups is 1. The number of carbonyl (C=O) groups excluding carboxylic acids is 1. The summed E-state index contributed by atoms with van der Waals surface area (Å²) in [5, 5.41) is 0. The van der Waals surface area contributed by atoms with Gasteiger partial charge < -0.3 is 4.74 Å². The van der Waals surface area contributed by atoms with Crippen molar-refractivity contribution >= 4 is 25.0 Å². The molecule has 30 heavy (non-hydrogen) atoms. The van der Waals surface area contributed by atoms with E-state index >= 15 is 0 Å². The summed E-state index contributed by atoms with van der Waals surface area (Å²) >= 11 is 0. The number of allylic oxidation sites excluding steroid dienone is 3. The van der Waals surface area contributed by atoms with Gasteiger partial charge in [-0.3, -0.25) is 9.78 Å². The van der Waals surface area contributed by atoms with Gasteiger partial charge in [0, 0.05) is 19.5 Å². The molecule has 0 bridgehead atoms. The molecule has 1 heterocycles. The van der Waals surface area contributed by atoms with E-state index in [2.05, 4.69) is 37.0 Å². The van der Waals surface area contributed by atoms with Crippen molar-refractivity contribution in [3.8, 4) is 0 Å². The first-order valence-corrected chi connectivity index (χ1v) is 11.6. The fourth-order valence-electron chi connectivity index (χ4n) is 7.54. The van der Waals surface area contributed by atoms with Gasteiger partial charge in [0.2, 0.25) is 0 Å². The molecule has 0 N–H and O–H groups in total. The highest BCUT2D eigenvalue weighted by Gasteiger charge is 2.56. The monoisotopic (exact) mass is 401 g/mol. The summed E-state index contributed by atoms with van der Waals surface area (Å²) in [6, 6.07) is 4.07. The van der Waals surface area contributed by atoms with Gasteiger partial charge in [-0.2, -0.15) is 0 Å². The van der Waals surface area contributed by atoms with Crippen LogP contribution < -0.4 is 5.59 Å². The number of nitrogens with zero attached hydrogens (tertiary/aromatic N) is 1. The molecule has 4 aliphatic carbocycles. The zero-order chi connectivity index (χ0) is 21.1. The molecule has 2 saturated carbocycles. The smallest absolute Gasteiger partial charge is 0.302 e. The summed E-state index contributed by atoms with van der Waals surface area (Å²) < 4.78 is 5.58. The van der Waals surface area contributed by atoms with E-state index in [9.17, 15) is 4.79 Å². The Morgan fingerprint density at radius 2 is 1.90 bits per heavy atom. The Bertz CT molecular complexity index is 919. The van der Waals surface area contributed by atoms with Crippen LogP contribution in [0.3, 0.4) is 0 Å². The fourth-order valence-corrected chi connectivity index (χ4v) is 7.54. The lowest BCUT2D eigenvalue weighted by Gasteiger charge is -2.57. The van der Waals surface area contributed by atoms with Gasteiger partial charge in [0.15, 0.2) is 0 Å². The molecule has 1 aromatic heterocycles. The van der Waals surface area contributed by atoms with Crippen molar-refractivity contribution in [2.75, 3.05) is 0 Å². The molecule has 5 rings (SSSR count). The molecule has 0 amide bonds. The third kappa shape index (κ3) is 3.01. The molecular weight excluding hydrogens is 369 g/mol. The van der Waals surface area contributed by atoms with Crippen LogP contribution in [0, 0.1) is 28.6 Å². The summed E-state index contributed by atoms with van der Waals surface area (Å²) in [5.41, 5.74) is 5.37. The van der Waals surface area contributed by atoms with Crippen molar-refractivity contribution in [3.63, 3.8) is 0 Å². The van der Waals surface area contributed by atoms with Crippen LogP contribution in [-0.2, 0) is 9.53 Å². The van der Waals surface area contributed by atoms with Gasteiger partial charge >= 0.3 is 5.97 Å². The number of pyridine rings is 1. The second-order valence-corrected chi connectivity index (χ2v) is 10.5. The van der Waals surface area contributed by atoms with E-state index in [1.165, 1.54) is 43.7 Å². The van der Waals surface area contributed by atoms with Crippen LogP contribution >= 0.6 is 0 Å². The van der Waals surface area contributed by atoms with E-state index in [1.807, 2.05) is 12.3 Å². The molecule has 0 aromatic carbocycles. The standard InChI is InChI=1S/C26H32BNO2/c1-16(29)30-19-10-12-25(2)18(14-19)5-6-20-22-8-7-21(17-4-9-24(27)28-15-17)26(22,3)13-11-23(20)25/h4-5,7,9,15,19-20,22-23H,6,8,10-14H2,1-3H3/t19?,20?,22?,23?,25?,26-/m1/s1. The highest BCUT2D eigenvalue weighted by Crippen LogP contribution is 2.66. The number of fused-ring (bicyclic) bond motifs is 5. The second kappa shape index (κ2) is 7.10. The van der Waals surface area contributed by atoms with Crippen LogP contribution in [-0.4, -0.2) is 24.9 Å². The zero-order valence-electron chi connectivity index (χ0n) is 18.5. The van der Waals surface area contributed by atoms with Gasteiger partial charge in [0.05, 0.1) is 0 Å². The van der Waals surface area contributed by atoms with Crippen molar-refractivity contribution in [3.05, 3.63) is 41.6 Å². The number of hydrogen-bond acceptors (Lipinski definition) is 3. The fraction of sp³-hybridized carbons (Fsp3) is 0.615. The minimum Gasteiger partial charge on any atom is -0.462 e. The number of ether oxygens (including phenoxy) is 1. The van der Waals surface area contributed by atoms with Crippen LogP contribution in [0.2, 0.25) is 0 Å². The van der Waals surface area contributed by atoms with Gasteiger partial charge in [-0.05, 0) is 83.8 Å². The Balaban J connectivity index is 1.40. The van der Waals surface area contributed by atoms with E-state index in [0.29, 0.717) is 11.5 Å². The van der Waals surface area contributed by atoms with E-state index in [0.717, 1.165) is 31.1 Å². The number of hydrogen-bond donors (Lipinski definition) is 0. The molecular formula is C26H32BNO2. The van der Waals surface area contributed by atoms with Crippen LogP contribution in [0.4, 0.5) is 0 Å².